The van der Waals surface area contributed by atoms with Gasteiger partial charge in [-0.05, 0) is 19.8 Å². The summed E-state index contributed by atoms with van der Waals surface area (Å²) in [5, 5.41) is 11.3. The van der Waals surface area contributed by atoms with E-state index in [9.17, 15) is 9.59 Å². The molecule has 1 rings (SSSR count). The molecule has 2 N–H and O–H groups in total. The molecule has 2 atom stereocenters. The van der Waals surface area contributed by atoms with Gasteiger partial charge in [0.15, 0.2) is 0 Å². The molecule has 1 saturated carbocycles. The van der Waals surface area contributed by atoms with E-state index in [2.05, 4.69) is 5.32 Å². The number of hydrogen-bond donors (Lipinski definition) is 2. The highest BCUT2D eigenvalue weighted by molar-refractivity contribution is 5.89. The fourth-order valence-electron chi connectivity index (χ4n) is 1.42. The van der Waals surface area contributed by atoms with E-state index >= 15 is 0 Å². The average molecular weight is 215 g/mol. The standard InChI is InChI=1S/C10H17NO4/c1-2-15-5-3-4-11-9(12)7-6-8(7)10(13)14/h7-8H,2-6H2,1H3,(H,11,12)(H,13,14). The molecule has 0 bridgehead atoms. The third-order valence-electron chi connectivity index (χ3n) is 2.41. The number of carbonyl (C=O) groups excluding carboxylic acids is 1. The Morgan fingerprint density at radius 2 is 2.20 bits per heavy atom. The van der Waals surface area contributed by atoms with Crippen LogP contribution in [-0.4, -0.2) is 36.7 Å². The number of rotatable bonds is 7. The fourth-order valence-corrected chi connectivity index (χ4v) is 1.42. The second-order valence-corrected chi connectivity index (χ2v) is 3.63. The lowest BCUT2D eigenvalue weighted by molar-refractivity contribution is -0.140. The van der Waals surface area contributed by atoms with Crippen molar-refractivity contribution in [3.63, 3.8) is 0 Å². The molecule has 0 aromatic rings. The zero-order valence-electron chi connectivity index (χ0n) is 8.86. The lowest BCUT2D eigenvalue weighted by Crippen LogP contribution is -2.28. The Morgan fingerprint density at radius 1 is 1.47 bits per heavy atom. The molecule has 0 radical (unpaired) electrons. The van der Waals surface area contributed by atoms with Crippen LogP contribution in [0, 0.1) is 11.8 Å². The fraction of sp³-hybridized carbons (Fsp3) is 0.800. The van der Waals surface area contributed by atoms with Crippen molar-refractivity contribution in [3.05, 3.63) is 0 Å². The largest absolute Gasteiger partial charge is 0.481 e. The van der Waals surface area contributed by atoms with E-state index in [1.165, 1.54) is 0 Å². The second-order valence-electron chi connectivity index (χ2n) is 3.63. The lowest BCUT2D eigenvalue weighted by atomic mass is 10.3. The summed E-state index contributed by atoms with van der Waals surface area (Å²) in [7, 11) is 0. The van der Waals surface area contributed by atoms with Crippen LogP contribution in [-0.2, 0) is 14.3 Å². The Morgan fingerprint density at radius 3 is 2.73 bits per heavy atom. The van der Waals surface area contributed by atoms with E-state index in [-0.39, 0.29) is 11.8 Å². The average Bonchev–Trinajstić information content (AvgIpc) is 2.96. The Balaban J connectivity index is 2.03. The molecule has 5 heteroatoms. The Bertz CT molecular complexity index is 242. The lowest BCUT2D eigenvalue weighted by Gasteiger charge is -2.04. The number of hydrogen-bond acceptors (Lipinski definition) is 3. The minimum Gasteiger partial charge on any atom is -0.481 e. The van der Waals surface area contributed by atoms with Gasteiger partial charge in [-0.15, -0.1) is 0 Å². The van der Waals surface area contributed by atoms with E-state index in [1.807, 2.05) is 6.92 Å². The predicted molar refractivity (Wildman–Crippen MR) is 53.4 cm³/mol. The van der Waals surface area contributed by atoms with E-state index in [4.69, 9.17) is 9.84 Å². The summed E-state index contributed by atoms with van der Waals surface area (Å²) in [6.07, 6.45) is 1.25. The van der Waals surface area contributed by atoms with Gasteiger partial charge in [0, 0.05) is 19.8 Å². The van der Waals surface area contributed by atoms with E-state index in [1.54, 1.807) is 0 Å². The van der Waals surface area contributed by atoms with Gasteiger partial charge in [-0.25, -0.2) is 0 Å². The van der Waals surface area contributed by atoms with Crippen LogP contribution in [0.2, 0.25) is 0 Å². The summed E-state index contributed by atoms with van der Waals surface area (Å²) >= 11 is 0. The molecule has 0 heterocycles. The molecular weight excluding hydrogens is 198 g/mol. The number of amides is 1. The van der Waals surface area contributed by atoms with Crippen LogP contribution < -0.4 is 5.32 Å². The number of carboxylic acids is 1. The number of carbonyl (C=O) groups is 2. The molecule has 15 heavy (non-hydrogen) atoms. The van der Waals surface area contributed by atoms with Gasteiger partial charge in [0.05, 0.1) is 11.8 Å². The van der Waals surface area contributed by atoms with Crippen LogP contribution in [0.25, 0.3) is 0 Å². The van der Waals surface area contributed by atoms with Gasteiger partial charge in [0.1, 0.15) is 0 Å². The van der Waals surface area contributed by atoms with Crippen molar-refractivity contribution in [3.8, 4) is 0 Å². The van der Waals surface area contributed by atoms with Crippen LogP contribution in [0.1, 0.15) is 19.8 Å². The van der Waals surface area contributed by atoms with Gasteiger partial charge in [0.25, 0.3) is 0 Å². The quantitative estimate of drug-likeness (QED) is 0.597. The second kappa shape index (κ2) is 5.70. The summed E-state index contributed by atoms with van der Waals surface area (Å²) in [5.74, 6) is -1.78. The third-order valence-corrected chi connectivity index (χ3v) is 2.41. The molecule has 1 aliphatic rings. The molecule has 0 saturated heterocycles. The van der Waals surface area contributed by atoms with Crippen LogP contribution in [0.4, 0.5) is 0 Å². The first-order chi connectivity index (χ1) is 7.16. The molecule has 86 valence electrons. The molecule has 5 nitrogen and oxygen atoms in total. The smallest absolute Gasteiger partial charge is 0.307 e. The first-order valence-electron chi connectivity index (χ1n) is 5.25. The van der Waals surface area contributed by atoms with Crippen molar-refractivity contribution in [2.75, 3.05) is 19.8 Å². The van der Waals surface area contributed by atoms with Crippen LogP contribution in [0.5, 0.6) is 0 Å². The molecule has 0 aromatic heterocycles. The zero-order valence-corrected chi connectivity index (χ0v) is 8.86. The molecule has 0 aromatic carbocycles. The summed E-state index contributed by atoms with van der Waals surface area (Å²) in [6.45, 7) is 3.78. The molecular formula is C10H17NO4. The third kappa shape index (κ3) is 3.87. The van der Waals surface area contributed by atoms with Crippen molar-refractivity contribution in [1.29, 1.82) is 0 Å². The minimum absolute atomic E-state index is 0.140. The van der Waals surface area contributed by atoms with Crippen molar-refractivity contribution >= 4 is 11.9 Å². The van der Waals surface area contributed by atoms with Crippen molar-refractivity contribution in [1.82, 2.24) is 5.32 Å². The number of ether oxygens (including phenoxy) is 1. The summed E-state index contributed by atoms with van der Waals surface area (Å²) in [5.41, 5.74) is 0. The van der Waals surface area contributed by atoms with Gasteiger partial charge in [-0.1, -0.05) is 0 Å². The molecule has 0 spiro atoms. The summed E-state index contributed by atoms with van der Waals surface area (Å²) < 4.78 is 5.11. The van der Waals surface area contributed by atoms with E-state index in [0.29, 0.717) is 26.2 Å². The summed E-state index contributed by atoms with van der Waals surface area (Å²) in [6, 6.07) is 0. The van der Waals surface area contributed by atoms with Gasteiger partial charge >= 0.3 is 5.97 Å². The Hall–Kier alpha value is -1.10. The number of nitrogens with one attached hydrogen (secondary N) is 1. The Labute approximate surface area is 88.8 Å². The molecule has 1 aliphatic carbocycles. The number of aliphatic carboxylic acids is 1. The monoisotopic (exact) mass is 215 g/mol. The summed E-state index contributed by atoms with van der Waals surface area (Å²) in [4.78, 5) is 21.8. The van der Waals surface area contributed by atoms with Gasteiger partial charge in [0.2, 0.25) is 5.91 Å². The highest BCUT2D eigenvalue weighted by atomic mass is 16.5. The Kier molecular flexibility index (Phi) is 4.55. The van der Waals surface area contributed by atoms with Crippen molar-refractivity contribution in [2.24, 2.45) is 11.8 Å². The maximum Gasteiger partial charge on any atom is 0.307 e. The van der Waals surface area contributed by atoms with Gasteiger partial charge < -0.3 is 15.2 Å². The minimum atomic E-state index is -0.871. The maximum absolute atomic E-state index is 11.3. The molecule has 2 unspecified atom stereocenters. The van der Waals surface area contributed by atoms with Crippen molar-refractivity contribution in [2.45, 2.75) is 19.8 Å². The zero-order chi connectivity index (χ0) is 11.3. The highest BCUT2D eigenvalue weighted by Gasteiger charge is 2.48. The first kappa shape index (κ1) is 12.0. The normalized spacial score (nSPS) is 23.5. The first-order valence-corrected chi connectivity index (χ1v) is 5.25. The molecule has 1 fully saturated rings. The molecule has 1 amide bonds. The van der Waals surface area contributed by atoms with Crippen molar-refractivity contribution < 1.29 is 19.4 Å². The van der Waals surface area contributed by atoms with E-state index < -0.39 is 11.9 Å². The SMILES string of the molecule is CCOCCCNC(=O)C1CC1C(=O)O. The van der Waals surface area contributed by atoms with E-state index in [0.717, 1.165) is 6.42 Å². The van der Waals surface area contributed by atoms with Gasteiger partial charge in [-0.3, -0.25) is 9.59 Å². The van der Waals surface area contributed by atoms with Crippen LogP contribution >= 0.6 is 0 Å². The van der Waals surface area contributed by atoms with Crippen LogP contribution in [0.3, 0.4) is 0 Å². The molecule has 0 aliphatic heterocycles. The predicted octanol–water partition coefficient (Wildman–Crippen LogP) is 0.250. The topological polar surface area (TPSA) is 75.6 Å². The highest BCUT2D eigenvalue weighted by Crippen LogP contribution is 2.38. The maximum atomic E-state index is 11.3. The van der Waals surface area contributed by atoms with Crippen LogP contribution in [0.15, 0.2) is 0 Å². The number of carboxylic acid groups (broad SMARTS) is 1. The van der Waals surface area contributed by atoms with Gasteiger partial charge in [-0.2, -0.15) is 0 Å².